The van der Waals surface area contributed by atoms with Crippen molar-refractivity contribution >= 4 is 6.03 Å². The van der Waals surface area contributed by atoms with Gasteiger partial charge in [-0.1, -0.05) is 13.8 Å². The first-order valence-corrected chi connectivity index (χ1v) is 6.09. The number of carbonyl (C=O) groups excluding carboxylic acids is 1. The van der Waals surface area contributed by atoms with Crippen molar-refractivity contribution in [3.8, 4) is 0 Å². The van der Waals surface area contributed by atoms with Gasteiger partial charge in [-0.25, -0.2) is 4.79 Å². The maximum Gasteiger partial charge on any atom is 0.314 e. The minimum atomic E-state index is -0.327. The van der Waals surface area contributed by atoms with Crippen LogP contribution in [0, 0.1) is 11.3 Å². The lowest BCUT2D eigenvalue weighted by atomic mass is 9.87. The summed E-state index contributed by atoms with van der Waals surface area (Å²) in [6.07, 6.45) is 2.85. The third kappa shape index (κ3) is 5.95. The fourth-order valence-electron chi connectivity index (χ4n) is 1.81. The van der Waals surface area contributed by atoms with Gasteiger partial charge in [0.15, 0.2) is 0 Å². The second kappa shape index (κ2) is 5.53. The minimum absolute atomic E-state index is 0.0644. The Morgan fingerprint density at radius 3 is 2.56 bits per heavy atom. The van der Waals surface area contributed by atoms with Crippen LogP contribution in [-0.2, 0) is 0 Å². The van der Waals surface area contributed by atoms with Crippen molar-refractivity contribution in [3.05, 3.63) is 0 Å². The lowest BCUT2D eigenvalue weighted by Gasteiger charge is -2.26. The zero-order chi connectivity index (χ0) is 12.2. The van der Waals surface area contributed by atoms with Crippen LogP contribution in [-0.4, -0.2) is 30.3 Å². The number of amides is 2. The van der Waals surface area contributed by atoms with Gasteiger partial charge in [-0.2, -0.15) is 0 Å². The van der Waals surface area contributed by atoms with Gasteiger partial charge in [-0.15, -0.1) is 0 Å². The van der Waals surface area contributed by atoms with E-state index in [9.17, 15) is 9.90 Å². The van der Waals surface area contributed by atoms with Gasteiger partial charge < -0.3 is 15.7 Å². The van der Waals surface area contributed by atoms with E-state index >= 15 is 0 Å². The van der Waals surface area contributed by atoms with E-state index in [1.54, 1.807) is 6.92 Å². The molecule has 0 aliphatic heterocycles. The van der Waals surface area contributed by atoms with Crippen molar-refractivity contribution in [1.29, 1.82) is 0 Å². The molecule has 1 fully saturated rings. The molecule has 0 bridgehead atoms. The monoisotopic (exact) mass is 228 g/mol. The summed E-state index contributed by atoms with van der Waals surface area (Å²) in [4.78, 5) is 11.4. The highest BCUT2D eigenvalue weighted by atomic mass is 16.3. The predicted molar refractivity (Wildman–Crippen MR) is 64.2 cm³/mol. The molecule has 0 aromatic heterocycles. The van der Waals surface area contributed by atoms with Gasteiger partial charge in [0.1, 0.15) is 0 Å². The summed E-state index contributed by atoms with van der Waals surface area (Å²) in [5, 5.41) is 15.0. The number of urea groups is 1. The largest absolute Gasteiger partial charge is 0.393 e. The number of aliphatic hydroxyl groups is 1. The SMILES string of the molecule is CC(O)CC(C)(C)CNC(=O)NCC1CC1. The maximum absolute atomic E-state index is 11.4. The van der Waals surface area contributed by atoms with E-state index in [-0.39, 0.29) is 17.6 Å². The third-order valence-electron chi connectivity index (χ3n) is 2.82. The van der Waals surface area contributed by atoms with Crippen molar-refractivity contribution in [2.75, 3.05) is 13.1 Å². The van der Waals surface area contributed by atoms with Crippen LogP contribution in [0.1, 0.15) is 40.0 Å². The van der Waals surface area contributed by atoms with Crippen LogP contribution in [0.3, 0.4) is 0 Å². The van der Waals surface area contributed by atoms with Gasteiger partial charge in [-0.3, -0.25) is 0 Å². The van der Waals surface area contributed by atoms with E-state index in [1.807, 2.05) is 13.8 Å². The topological polar surface area (TPSA) is 61.4 Å². The number of carbonyl (C=O) groups is 1. The smallest absolute Gasteiger partial charge is 0.314 e. The Morgan fingerprint density at radius 1 is 1.44 bits per heavy atom. The first-order valence-electron chi connectivity index (χ1n) is 6.09. The van der Waals surface area contributed by atoms with Crippen molar-refractivity contribution in [3.63, 3.8) is 0 Å². The van der Waals surface area contributed by atoms with Crippen molar-refractivity contribution in [2.24, 2.45) is 11.3 Å². The Hall–Kier alpha value is -0.770. The minimum Gasteiger partial charge on any atom is -0.393 e. The van der Waals surface area contributed by atoms with Crippen LogP contribution >= 0.6 is 0 Å². The molecule has 1 saturated carbocycles. The van der Waals surface area contributed by atoms with E-state index in [1.165, 1.54) is 12.8 Å². The lowest BCUT2D eigenvalue weighted by molar-refractivity contribution is 0.129. The molecule has 0 radical (unpaired) electrons. The highest BCUT2D eigenvalue weighted by molar-refractivity contribution is 5.73. The zero-order valence-electron chi connectivity index (χ0n) is 10.5. The van der Waals surface area contributed by atoms with Crippen LogP contribution in [0.2, 0.25) is 0 Å². The van der Waals surface area contributed by atoms with E-state index in [0.717, 1.165) is 6.54 Å². The van der Waals surface area contributed by atoms with E-state index in [4.69, 9.17) is 0 Å². The third-order valence-corrected chi connectivity index (χ3v) is 2.82. The van der Waals surface area contributed by atoms with Crippen LogP contribution in [0.15, 0.2) is 0 Å². The van der Waals surface area contributed by atoms with E-state index in [0.29, 0.717) is 18.9 Å². The molecule has 1 rings (SSSR count). The lowest BCUT2D eigenvalue weighted by Crippen LogP contribution is -2.42. The van der Waals surface area contributed by atoms with Gasteiger partial charge in [0.2, 0.25) is 0 Å². The van der Waals surface area contributed by atoms with Gasteiger partial charge in [0, 0.05) is 13.1 Å². The predicted octanol–water partition coefficient (Wildman–Crippen LogP) is 1.49. The molecule has 4 nitrogen and oxygen atoms in total. The molecule has 1 aliphatic carbocycles. The maximum atomic E-state index is 11.4. The molecule has 0 spiro atoms. The molecular weight excluding hydrogens is 204 g/mol. The normalized spacial score (nSPS) is 18.0. The number of hydrogen-bond donors (Lipinski definition) is 3. The molecule has 94 valence electrons. The molecule has 3 N–H and O–H groups in total. The van der Waals surface area contributed by atoms with Gasteiger partial charge in [0.05, 0.1) is 6.10 Å². The van der Waals surface area contributed by atoms with Crippen LogP contribution < -0.4 is 10.6 Å². The summed E-state index contributed by atoms with van der Waals surface area (Å²) in [5.74, 6) is 0.705. The second-order valence-electron chi connectivity index (χ2n) is 5.72. The highest BCUT2D eigenvalue weighted by Crippen LogP contribution is 2.27. The molecule has 2 amide bonds. The summed E-state index contributed by atoms with van der Waals surface area (Å²) in [6.45, 7) is 7.24. The summed E-state index contributed by atoms with van der Waals surface area (Å²) in [7, 11) is 0. The Kier molecular flexibility index (Phi) is 4.59. The Morgan fingerprint density at radius 2 is 2.06 bits per heavy atom. The average molecular weight is 228 g/mol. The van der Waals surface area contributed by atoms with Gasteiger partial charge in [0.25, 0.3) is 0 Å². The van der Waals surface area contributed by atoms with Crippen molar-refractivity contribution in [2.45, 2.75) is 46.1 Å². The number of aliphatic hydroxyl groups excluding tert-OH is 1. The quantitative estimate of drug-likeness (QED) is 0.645. The second-order valence-corrected chi connectivity index (χ2v) is 5.72. The van der Waals surface area contributed by atoms with E-state index in [2.05, 4.69) is 10.6 Å². The first-order chi connectivity index (χ1) is 7.39. The number of rotatable bonds is 6. The van der Waals surface area contributed by atoms with Crippen LogP contribution in [0.4, 0.5) is 4.79 Å². The van der Waals surface area contributed by atoms with E-state index < -0.39 is 0 Å². The summed E-state index contributed by atoms with van der Waals surface area (Å²) in [5.41, 5.74) is -0.0644. The first kappa shape index (κ1) is 13.3. The fraction of sp³-hybridized carbons (Fsp3) is 0.917. The fourth-order valence-corrected chi connectivity index (χ4v) is 1.81. The van der Waals surface area contributed by atoms with Crippen molar-refractivity contribution < 1.29 is 9.90 Å². The van der Waals surface area contributed by atoms with Crippen molar-refractivity contribution in [1.82, 2.24) is 10.6 Å². The molecule has 4 heteroatoms. The molecule has 1 aliphatic rings. The molecule has 16 heavy (non-hydrogen) atoms. The summed E-state index contributed by atoms with van der Waals surface area (Å²) < 4.78 is 0. The Labute approximate surface area is 97.8 Å². The molecule has 0 aromatic rings. The molecule has 0 heterocycles. The Bertz CT molecular complexity index is 235. The molecule has 0 saturated heterocycles. The van der Waals surface area contributed by atoms with Gasteiger partial charge in [-0.05, 0) is 37.5 Å². The zero-order valence-corrected chi connectivity index (χ0v) is 10.5. The van der Waals surface area contributed by atoms with Crippen LogP contribution in [0.5, 0.6) is 0 Å². The standard InChI is InChI=1S/C12H24N2O2/c1-9(15)6-12(2,3)8-14-11(16)13-7-10-4-5-10/h9-10,15H,4-8H2,1-3H3,(H2,13,14,16). The summed E-state index contributed by atoms with van der Waals surface area (Å²) in [6, 6.07) is -0.0921. The number of nitrogens with one attached hydrogen (secondary N) is 2. The molecule has 1 unspecified atom stereocenters. The average Bonchev–Trinajstić information content (AvgIpc) is 2.93. The summed E-state index contributed by atoms with van der Waals surface area (Å²) >= 11 is 0. The highest BCUT2D eigenvalue weighted by Gasteiger charge is 2.23. The number of hydrogen-bond acceptors (Lipinski definition) is 2. The molecule has 0 aromatic carbocycles. The molecule has 1 atom stereocenters. The van der Waals surface area contributed by atoms with Crippen LogP contribution in [0.25, 0.3) is 0 Å². The molecular formula is C12H24N2O2. The Balaban J connectivity index is 2.13. The van der Waals surface area contributed by atoms with Gasteiger partial charge >= 0.3 is 6.03 Å².